The highest BCUT2D eigenvalue weighted by Gasteiger charge is 2.02. The fourth-order valence-electron chi connectivity index (χ4n) is 0.851. The molecule has 0 amide bonds. The number of thiazole rings is 1. The molecule has 2 rings (SSSR count). The molecule has 0 bridgehead atoms. The Balaban J connectivity index is 1.97. The molecular weight excluding hydrogens is 204 g/mol. The van der Waals surface area contributed by atoms with Crippen LogP contribution in [0.1, 0.15) is 5.69 Å². The number of hydrogen-bond donors (Lipinski definition) is 0. The fourth-order valence-corrected chi connectivity index (χ4v) is 2.30. The van der Waals surface area contributed by atoms with E-state index < -0.39 is 0 Å². The van der Waals surface area contributed by atoms with Gasteiger partial charge in [0, 0.05) is 18.2 Å². The normalized spacial score (nSPS) is 10.5. The third kappa shape index (κ3) is 2.07. The van der Waals surface area contributed by atoms with Gasteiger partial charge in [0.15, 0.2) is 5.16 Å². The molecule has 68 valence electrons. The van der Waals surface area contributed by atoms with Crippen molar-refractivity contribution in [3.8, 4) is 0 Å². The molecule has 0 radical (unpaired) electrons. The number of aromatic nitrogens is 4. The Labute approximate surface area is 84.0 Å². The molecule has 4 nitrogen and oxygen atoms in total. The number of nitrogens with zero attached hydrogens (tertiary/aromatic N) is 4. The Bertz CT molecular complexity index is 368. The predicted molar refractivity (Wildman–Crippen MR) is 52.7 cm³/mol. The monoisotopic (exact) mass is 212 g/mol. The molecule has 2 aromatic rings. The summed E-state index contributed by atoms with van der Waals surface area (Å²) in [5.41, 5.74) is 2.94. The van der Waals surface area contributed by atoms with Crippen LogP contribution >= 0.6 is 23.1 Å². The molecule has 0 aliphatic rings. The van der Waals surface area contributed by atoms with Crippen LogP contribution in [0.2, 0.25) is 0 Å². The maximum atomic E-state index is 4.19. The SMILES string of the molecule is Cn1cnnc1SCc1cscn1. The Morgan fingerprint density at radius 1 is 1.62 bits per heavy atom. The molecule has 0 spiro atoms. The molecule has 2 heterocycles. The molecule has 0 saturated carbocycles. The van der Waals surface area contributed by atoms with E-state index in [0.717, 1.165) is 16.6 Å². The topological polar surface area (TPSA) is 43.6 Å². The van der Waals surface area contributed by atoms with Crippen molar-refractivity contribution in [1.29, 1.82) is 0 Å². The first-order valence-electron chi connectivity index (χ1n) is 3.70. The molecule has 0 N–H and O–H groups in total. The predicted octanol–water partition coefficient (Wildman–Crippen LogP) is 1.56. The molecule has 0 unspecified atom stereocenters. The highest BCUT2D eigenvalue weighted by molar-refractivity contribution is 7.98. The molecule has 13 heavy (non-hydrogen) atoms. The van der Waals surface area contributed by atoms with Crippen LogP contribution in [0.15, 0.2) is 22.4 Å². The van der Waals surface area contributed by atoms with Crippen molar-refractivity contribution >= 4 is 23.1 Å². The third-order valence-corrected chi connectivity index (χ3v) is 3.21. The zero-order valence-corrected chi connectivity index (χ0v) is 8.68. The van der Waals surface area contributed by atoms with E-state index in [9.17, 15) is 0 Å². The van der Waals surface area contributed by atoms with Crippen molar-refractivity contribution in [2.75, 3.05) is 0 Å². The van der Waals surface area contributed by atoms with Gasteiger partial charge in [-0.2, -0.15) is 0 Å². The molecule has 0 aliphatic heterocycles. The zero-order chi connectivity index (χ0) is 9.10. The van der Waals surface area contributed by atoms with Crippen LogP contribution < -0.4 is 0 Å². The van der Waals surface area contributed by atoms with Crippen molar-refractivity contribution in [3.05, 3.63) is 22.9 Å². The lowest BCUT2D eigenvalue weighted by atomic mass is 10.6. The lowest BCUT2D eigenvalue weighted by Crippen LogP contribution is -1.89. The minimum absolute atomic E-state index is 0.857. The van der Waals surface area contributed by atoms with Gasteiger partial charge < -0.3 is 4.57 Å². The maximum Gasteiger partial charge on any atom is 0.191 e. The largest absolute Gasteiger partial charge is 0.312 e. The van der Waals surface area contributed by atoms with Gasteiger partial charge in [-0.25, -0.2) is 4.98 Å². The zero-order valence-electron chi connectivity index (χ0n) is 7.04. The summed E-state index contributed by atoms with van der Waals surface area (Å²) in [5, 5.41) is 10.7. The van der Waals surface area contributed by atoms with E-state index in [1.165, 1.54) is 0 Å². The smallest absolute Gasteiger partial charge is 0.191 e. The summed E-state index contributed by atoms with van der Waals surface area (Å²) in [6, 6.07) is 0. The molecule has 0 aliphatic carbocycles. The van der Waals surface area contributed by atoms with Crippen LogP contribution in [0.4, 0.5) is 0 Å². The van der Waals surface area contributed by atoms with Gasteiger partial charge >= 0.3 is 0 Å². The molecular formula is C7H8N4S2. The summed E-state index contributed by atoms with van der Waals surface area (Å²) in [7, 11) is 1.93. The summed E-state index contributed by atoms with van der Waals surface area (Å²) in [6.45, 7) is 0. The molecule has 0 aromatic carbocycles. The second-order valence-electron chi connectivity index (χ2n) is 2.49. The van der Waals surface area contributed by atoms with E-state index in [4.69, 9.17) is 0 Å². The van der Waals surface area contributed by atoms with E-state index in [2.05, 4.69) is 15.2 Å². The first-order chi connectivity index (χ1) is 6.36. The van der Waals surface area contributed by atoms with Crippen molar-refractivity contribution < 1.29 is 0 Å². The summed E-state index contributed by atoms with van der Waals surface area (Å²) >= 11 is 3.26. The molecule has 0 fully saturated rings. The first-order valence-corrected chi connectivity index (χ1v) is 5.63. The van der Waals surface area contributed by atoms with Crippen molar-refractivity contribution in [2.24, 2.45) is 7.05 Å². The number of thioether (sulfide) groups is 1. The first kappa shape index (κ1) is 8.71. The van der Waals surface area contributed by atoms with Gasteiger partial charge in [0.25, 0.3) is 0 Å². The van der Waals surface area contributed by atoms with E-state index in [0.29, 0.717) is 0 Å². The highest BCUT2D eigenvalue weighted by Crippen LogP contribution is 2.19. The minimum Gasteiger partial charge on any atom is -0.312 e. The fraction of sp³-hybridized carbons (Fsp3) is 0.286. The van der Waals surface area contributed by atoms with Crippen LogP contribution in [0.3, 0.4) is 0 Å². The van der Waals surface area contributed by atoms with Crippen molar-refractivity contribution in [3.63, 3.8) is 0 Å². The Kier molecular flexibility index (Phi) is 2.60. The van der Waals surface area contributed by atoms with Crippen LogP contribution in [0.5, 0.6) is 0 Å². The van der Waals surface area contributed by atoms with Crippen molar-refractivity contribution in [2.45, 2.75) is 10.9 Å². The average molecular weight is 212 g/mol. The van der Waals surface area contributed by atoms with Crippen LogP contribution in [-0.2, 0) is 12.8 Å². The number of aryl methyl sites for hydroxylation is 1. The summed E-state index contributed by atoms with van der Waals surface area (Å²) in [4.78, 5) is 4.19. The van der Waals surface area contributed by atoms with Gasteiger partial charge in [-0.3, -0.25) is 0 Å². The number of rotatable bonds is 3. The lowest BCUT2D eigenvalue weighted by Gasteiger charge is -1.96. The van der Waals surface area contributed by atoms with Gasteiger partial charge in [-0.1, -0.05) is 11.8 Å². The van der Waals surface area contributed by atoms with E-state index in [1.54, 1.807) is 29.4 Å². The summed E-state index contributed by atoms with van der Waals surface area (Å²) in [5.74, 6) is 0.857. The van der Waals surface area contributed by atoms with Crippen LogP contribution in [-0.4, -0.2) is 19.7 Å². The quantitative estimate of drug-likeness (QED) is 0.724. The lowest BCUT2D eigenvalue weighted by molar-refractivity contribution is 0.788. The van der Waals surface area contributed by atoms with Gasteiger partial charge in [0.05, 0.1) is 11.2 Å². The van der Waals surface area contributed by atoms with Gasteiger partial charge in [0.2, 0.25) is 0 Å². The summed E-state index contributed by atoms with van der Waals surface area (Å²) in [6.07, 6.45) is 1.70. The highest BCUT2D eigenvalue weighted by atomic mass is 32.2. The van der Waals surface area contributed by atoms with E-state index >= 15 is 0 Å². The Morgan fingerprint density at radius 2 is 2.54 bits per heavy atom. The molecule has 6 heteroatoms. The minimum atomic E-state index is 0.857. The van der Waals surface area contributed by atoms with Crippen LogP contribution in [0, 0.1) is 0 Å². The van der Waals surface area contributed by atoms with Gasteiger partial charge in [-0.05, 0) is 0 Å². The maximum absolute atomic E-state index is 4.19. The second kappa shape index (κ2) is 3.89. The second-order valence-corrected chi connectivity index (χ2v) is 4.15. The third-order valence-electron chi connectivity index (χ3n) is 1.50. The Morgan fingerprint density at radius 3 is 3.15 bits per heavy atom. The summed E-state index contributed by atoms with van der Waals surface area (Å²) < 4.78 is 1.90. The Hall–Kier alpha value is -0.880. The van der Waals surface area contributed by atoms with E-state index in [-0.39, 0.29) is 0 Å². The van der Waals surface area contributed by atoms with Crippen molar-refractivity contribution in [1.82, 2.24) is 19.7 Å². The molecule has 2 aromatic heterocycles. The molecule has 0 atom stereocenters. The number of hydrogen-bond acceptors (Lipinski definition) is 5. The van der Waals surface area contributed by atoms with E-state index in [1.807, 2.05) is 22.5 Å². The van der Waals surface area contributed by atoms with Crippen LogP contribution in [0.25, 0.3) is 0 Å². The molecule has 0 saturated heterocycles. The standard InChI is InChI=1S/C7H8N4S2/c1-11-4-9-10-7(11)13-3-6-2-12-5-8-6/h2,4-5H,3H2,1H3. The van der Waals surface area contributed by atoms with Gasteiger partial charge in [-0.15, -0.1) is 21.5 Å². The average Bonchev–Trinajstić information content (AvgIpc) is 2.72. The van der Waals surface area contributed by atoms with Gasteiger partial charge in [0.1, 0.15) is 6.33 Å².